The van der Waals surface area contributed by atoms with Crippen LogP contribution in [0.5, 0.6) is 0 Å². The molecule has 1 saturated carbocycles. The molecule has 20 heavy (non-hydrogen) atoms. The van der Waals surface area contributed by atoms with Gasteiger partial charge in [-0.05, 0) is 30.5 Å². The second-order valence-corrected chi connectivity index (χ2v) is 5.50. The maximum atomic E-state index is 12.3. The lowest BCUT2D eigenvalue weighted by Gasteiger charge is -2.16. The van der Waals surface area contributed by atoms with Gasteiger partial charge in [0.15, 0.2) is 0 Å². The first kappa shape index (κ1) is 14.4. The van der Waals surface area contributed by atoms with E-state index in [1.54, 1.807) is 14.1 Å². The highest BCUT2D eigenvalue weighted by molar-refractivity contribution is 5.91. The van der Waals surface area contributed by atoms with Gasteiger partial charge in [-0.3, -0.25) is 9.59 Å². The third-order valence-corrected chi connectivity index (χ3v) is 3.77. The van der Waals surface area contributed by atoms with E-state index in [-0.39, 0.29) is 11.8 Å². The van der Waals surface area contributed by atoms with Crippen LogP contribution >= 0.6 is 0 Å². The first-order valence-corrected chi connectivity index (χ1v) is 6.80. The number of nitrogens with zero attached hydrogens (tertiary/aromatic N) is 1. The fourth-order valence-electron chi connectivity index (χ4n) is 2.25. The summed E-state index contributed by atoms with van der Waals surface area (Å²) < 4.78 is 0. The largest absolute Gasteiger partial charge is 0.399 e. The number of hydrogen-bond donors (Lipinski definition) is 2. The number of anilines is 1. The van der Waals surface area contributed by atoms with Crippen molar-refractivity contribution in [3.05, 3.63) is 29.8 Å². The molecule has 0 bridgehead atoms. The molecule has 0 atom stereocenters. The van der Waals surface area contributed by atoms with E-state index < -0.39 is 5.41 Å². The number of carbonyl (C=O) groups is 2. The topological polar surface area (TPSA) is 75.4 Å². The summed E-state index contributed by atoms with van der Waals surface area (Å²) in [4.78, 5) is 25.3. The van der Waals surface area contributed by atoms with E-state index in [1.807, 2.05) is 24.3 Å². The summed E-state index contributed by atoms with van der Waals surface area (Å²) in [6.07, 6.45) is 2.03. The van der Waals surface area contributed by atoms with Crippen molar-refractivity contribution in [2.45, 2.75) is 24.7 Å². The van der Waals surface area contributed by atoms with Gasteiger partial charge in [0.05, 0.1) is 5.41 Å². The number of benzene rings is 1. The summed E-state index contributed by atoms with van der Waals surface area (Å²) >= 11 is 0. The lowest BCUT2D eigenvalue weighted by molar-refractivity contribution is -0.128. The highest BCUT2D eigenvalue weighted by Crippen LogP contribution is 2.48. The molecule has 1 aromatic rings. The highest BCUT2D eigenvalue weighted by Gasteiger charge is 2.50. The molecule has 5 heteroatoms. The van der Waals surface area contributed by atoms with Gasteiger partial charge >= 0.3 is 0 Å². The zero-order chi connectivity index (χ0) is 14.8. The molecule has 2 amide bonds. The van der Waals surface area contributed by atoms with Gasteiger partial charge in [-0.1, -0.05) is 12.1 Å². The Labute approximate surface area is 119 Å². The average Bonchev–Trinajstić information content (AvgIpc) is 3.20. The van der Waals surface area contributed by atoms with Crippen LogP contribution in [0.1, 0.15) is 24.8 Å². The lowest BCUT2D eigenvalue weighted by atomic mass is 9.95. The quantitative estimate of drug-likeness (QED) is 0.784. The monoisotopic (exact) mass is 275 g/mol. The highest BCUT2D eigenvalue weighted by atomic mass is 16.2. The molecule has 0 radical (unpaired) electrons. The van der Waals surface area contributed by atoms with Gasteiger partial charge < -0.3 is 16.0 Å². The predicted molar refractivity (Wildman–Crippen MR) is 78.1 cm³/mol. The normalized spacial score (nSPS) is 15.5. The number of nitrogens with two attached hydrogens (primary N) is 1. The molecule has 0 unspecified atom stereocenters. The SMILES string of the molecule is CN(C)C(=O)CCNC(=O)C1(c2ccc(N)cc2)CC1. The summed E-state index contributed by atoms with van der Waals surface area (Å²) in [7, 11) is 3.42. The molecule has 0 spiro atoms. The summed E-state index contributed by atoms with van der Waals surface area (Å²) in [6, 6.07) is 7.45. The van der Waals surface area contributed by atoms with Crippen LogP contribution in [0.4, 0.5) is 5.69 Å². The first-order valence-electron chi connectivity index (χ1n) is 6.80. The van der Waals surface area contributed by atoms with Gasteiger partial charge in [0, 0.05) is 32.7 Å². The van der Waals surface area contributed by atoms with Gasteiger partial charge in [0.1, 0.15) is 0 Å². The van der Waals surface area contributed by atoms with Gasteiger partial charge in [-0.2, -0.15) is 0 Å². The Morgan fingerprint density at radius 3 is 2.35 bits per heavy atom. The molecule has 0 aliphatic heterocycles. The van der Waals surface area contributed by atoms with Crippen molar-refractivity contribution in [2.75, 3.05) is 26.4 Å². The Hall–Kier alpha value is -2.04. The summed E-state index contributed by atoms with van der Waals surface area (Å²) in [5.74, 6) is 0.0245. The molecule has 2 rings (SSSR count). The van der Waals surface area contributed by atoms with E-state index in [4.69, 9.17) is 5.73 Å². The molecule has 1 aliphatic carbocycles. The van der Waals surface area contributed by atoms with Crippen molar-refractivity contribution in [1.29, 1.82) is 0 Å². The van der Waals surface area contributed by atoms with E-state index in [9.17, 15) is 9.59 Å². The lowest BCUT2D eigenvalue weighted by Crippen LogP contribution is -2.37. The molecule has 1 aliphatic rings. The number of amides is 2. The number of carbonyl (C=O) groups excluding carboxylic acids is 2. The van der Waals surface area contributed by atoms with Crippen LogP contribution in [0.25, 0.3) is 0 Å². The second-order valence-electron chi connectivity index (χ2n) is 5.50. The Kier molecular flexibility index (Phi) is 3.97. The number of rotatable bonds is 5. The van der Waals surface area contributed by atoms with E-state index >= 15 is 0 Å². The smallest absolute Gasteiger partial charge is 0.230 e. The molecular formula is C15H21N3O2. The molecule has 1 aromatic carbocycles. The van der Waals surface area contributed by atoms with Gasteiger partial charge in [0.2, 0.25) is 11.8 Å². The minimum atomic E-state index is -0.408. The van der Waals surface area contributed by atoms with Gasteiger partial charge in [-0.15, -0.1) is 0 Å². The van der Waals surface area contributed by atoms with Crippen LogP contribution in [0.2, 0.25) is 0 Å². The van der Waals surface area contributed by atoms with E-state index in [2.05, 4.69) is 5.32 Å². The average molecular weight is 275 g/mol. The Bertz CT molecular complexity index is 504. The van der Waals surface area contributed by atoms with Crippen LogP contribution < -0.4 is 11.1 Å². The maximum Gasteiger partial charge on any atom is 0.230 e. The summed E-state index contributed by atoms with van der Waals surface area (Å²) in [5, 5.41) is 2.87. The summed E-state index contributed by atoms with van der Waals surface area (Å²) in [5.41, 5.74) is 6.96. The third kappa shape index (κ3) is 2.92. The molecular weight excluding hydrogens is 254 g/mol. The van der Waals surface area contributed by atoms with Crippen molar-refractivity contribution in [3.8, 4) is 0 Å². The zero-order valence-electron chi connectivity index (χ0n) is 12.0. The summed E-state index contributed by atoms with van der Waals surface area (Å²) in [6.45, 7) is 0.382. The van der Waals surface area contributed by atoms with Crippen molar-refractivity contribution in [2.24, 2.45) is 0 Å². The number of nitrogen functional groups attached to an aromatic ring is 1. The standard InChI is InChI=1S/C15H21N3O2/c1-18(2)13(19)7-10-17-14(20)15(8-9-15)11-3-5-12(16)6-4-11/h3-6H,7-10,16H2,1-2H3,(H,17,20). The minimum absolute atomic E-state index is 0.00817. The fourth-order valence-corrected chi connectivity index (χ4v) is 2.25. The maximum absolute atomic E-state index is 12.3. The van der Waals surface area contributed by atoms with E-state index in [0.29, 0.717) is 18.7 Å². The zero-order valence-corrected chi connectivity index (χ0v) is 12.0. The van der Waals surface area contributed by atoms with Crippen LogP contribution in [-0.4, -0.2) is 37.4 Å². The van der Waals surface area contributed by atoms with Crippen molar-refractivity contribution < 1.29 is 9.59 Å². The molecule has 3 N–H and O–H groups in total. The van der Waals surface area contributed by atoms with Gasteiger partial charge in [-0.25, -0.2) is 0 Å². The molecule has 0 saturated heterocycles. The van der Waals surface area contributed by atoms with Gasteiger partial charge in [0.25, 0.3) is 0 Å². The number of nitrogens with one attached hydrogen (secondary N) is 1. The first-order chi connectivity index (χ1) is 9.45. The molecule has 1 fully saturated rings. The Morgan fingerprint density at radius 2 is 1.85 bits per heavy atom. The fraction of sp³-hybridized carbons (Fsp3) is 0.467. The molecule has 0 heterocycles. The third-order valence-electron chi connectivity index (χ3n) is 3.77. The van der Waals surface area contributed by atoms with Crippen molar-refractivity contribution in [3.63, 3.8) is 0 Å². The predicted octanol–water partition coefficient (Wildman–Crippen LogP) is 0.895. The minimum Gasteiger partial charge on any atom is -0.399 e. The van der Waals surface area contributed by atoms with E-state index in [0.717, 1.165) is 18.4 Å². The van der Waals surface area contributed by atoms with Crippen LogP contribution in [0.3, 0.4) is 0 Å². The second kappa shape index (κ2) is 5.53. The van der Waals surface area contributed by atoms with Crippen molar-refractivity contribution >= 4 is 17.5 Å². The van der Waals surface area contributed by atoms with Crippen LogP contribution in [0, 0.1) is 0 Å². The van der Waals surface area contributed by atoms with Crippen LogP contribution in [0.15, 0.2) is 24.3 Å². The van der Waals surface area contributed by atoms with E-state index in [1.165, 1.54) is 4.90 Å². The van der Waals surface area contributed by atoms with Crippen LogP contribution in [-0.2, 0) is 15.0 Å². The van der Waals surface area contributed by atoms with Crippen molar-refractivity contribution in [1.82, 2.24) is 10.2 Å². The number of hydrogen-bond acceptors (Lipinski definition) is 3. The Balaban J connectivity index is 1.92. The molecule has 5 nitrogen and oxygen atoms in total. The molecule has 0 aromatic heterocycles. The molecule has 108 valence electrons. The Morgan fingerprint density at radius 1 is 1.25 bits per heavy atom.